The van der Waals surface area contributed by atoms with E-state index >= 15 is 0 Å². The van der Waals surface area contributed by atoms with Crippen LogP contribution >= 0.6 is 0 Å². The molecule has 3 aliphatic heterocycles. The molecule has 1 aromatic carbocycles. The molecule has 1 amide bonds. The molecule has 0 spiro atoms. The van der Waals surface area contributed by atoms with Crippen molar-refractivity contribution >= 4 is 17.3 Å². The van der Waals surface area contributed by atoms with Gasteiger partial charge in [0.25, 0.3) is 11.6 Å². The van der Waals surface area contributed by atoms with Crippen LogP contribution in [0.4, 0.5) is 11.4 Å². The number of aliphatic hydroxyl groups is 8. The summed E-state index contributed by atoms with van der Waals surface area (Å²) in [7, 11) is 0. The van der Waals surface area contributed by atoms with Crippen molar-refractivity contribution in [2.45, 2.75) is 91.9 Å². The molecular formula is C25H39N5O16. The van der Waals surface area contributed by atoms with Crippen LogP contribution in [0.15, 0.2) is 18.2 Å². The van der Waals surface area contributed by atoms with Gasteiger partial charge in [-0.1, -0.05) is 0 Å². The van der Waals surface area contributed by atoms with Gasteiger partial charge in [-0.25, -0.2) is 0 Å². The van der Waals surface area contributed by atoms with Crippen molar-refractivity contribution < 1.29 is 74.3 Å². The number of nitrogens with one attached hydrogen (secondary N) is 1. The van der Waals surface area contributed by atoms with Gasteiger partial charge in [0.1, 0.15) is 66.7 Å². The Morgan fingerprint density at radius 1 is 0.826 bits per heavy atom. The van der Waals surface area contributed by atoms with Gasteiger partial charge in [0.05, 0.1) is 36.8 Å². The number of anilines is 1. The summed E-state index contributed by atoms with van der Waals surface area (Å²) in [5.74, 6) is -1.01. The van der Waals surface area contributed by atoms with Gasteiger partial charge in [-0.2, -0.15) is 0 Å². The zero-order valence-corrected chi connectivity index (χ0v) is 24.0. The molecule has 4 rings (SSSR count). The van der Waals surface area contributed by atoms with Gasteiger partial charge in [0, 0.05) is 11.6 Å². The molecule has 3 saturated heterocycles. The number of carbonyl (C=O) groups excluding carboxylic acids is 1. The number of aliphatic hydroxyl groups excluding tert-OH is 8. The number of benzene rings is 1. The lowest BCUT2D eigenvalue weighted by atomic mass is 9.94. The minimum Gasteiger partial charge on any atom is -0.394 e. The van der Waals surface area contributed by atoms with Crippen molar-refractivity contribution in [1.29, 1.82) is 0 Å². The smallest absolute Gasteiger partial charge is 0.292 e. The van der Waals surface area contributed by atoms with Crippen molar-refractivity contribution in [1.82, 2.24) is 5.32 Å². The maximum absolute atomic E-state index is 13.3. The van der Waals surface area contributed by atoms with Crippen LogP contribution < -0.4 is 22.5 Å². The molecule has 0 aliphatic carbocycles. The van der Waals surface area contributed by atoms with Crippen LogP contribution in [-0.2, 0) is 23.7 Å². The quantitative estimate of drug-likeness (QED) is 0.0627. The van der Waals surface area contributed by atoms with E-state index in [1.165, 1.54) is 0 Å². The average molecular weight is 666 g/mol. The molecule has 2 unspecified atom stereocenters. The number of hydrogen-bond acceptors (Lipinski definition) is 19. The monoisotopic (exact) mass is 665 g/mol. The van der Waals surface area contributed by atoms with E-state index in [-0.39, 0.29) is 11.3 Å². The summed E-state index contributed by atoms with van der Waals surface area (Å²) >= 11 is 0. The van der Waals surface area contributed by atoms with E-state index < -0.39 is 128 Å². The van der Waals surface area contributed by atoms with Crippen molar-refractivity contribution in [3.8, 4) is 0 Å². The first-order valence-corrected chi connectivity index (χ1v) is 14.1. The van der Waals surface area contributed by atoms with E-state index in [2.05, 4.69) is 5.32 Å². The number of ether oxygens (including phenoxy) is 5. The Balaban J connectivity index is 1.66. The molecule has 0 aromatic heterocycles. The zero-order chi connectivity index (χ0) is 34.0. The standard InChI is InChI=1S/C25H39N5O16/c26-8-2-1-7(3-9(8)30(40)41)22(38)29-15-19(37)21(45-24-14(28)17(35)16(34)10(4-31)43-24)12(6-33)44-25(15)46-20-11(5-32)42-23(39)13(27)18(20)36/h1-3,10-21,23-25,31-37,39H,4-6,26-28H2,(H,29,38)/t10-,11-,12-,13-,14-,15-,16-,17-,18-,19-,20?,21?,23-,24+,25+/m1/s1. The topological polar surface area (TPSA) is 358 Å². The first-order chi connectivity index (χ1) is 21.7. The fourth-order valence-electron chi connectivity index (χ4n) is 5.39. The third kappa shape index (κ3) is 7.23. The van der Waals surface area contributed by atoms with E-state index in [0.717, 1.165) is 18.2 Å². The SMILES string of the molecule is Nc1ccc(C(=O)N[C@H]2[C@H](OC3[C@@H](CO)O[C@@H](O)[C@H](N)[C@H]3O)O[C@H](CO)C(O[C@@H]3O[C@H](CO)[C@@H](O)[C@H](O)[C@H]3N)[C@@H]2O)cc1[N+](=O)[O-]. The predicted molar refractivity (Wildman–Crippen MR) is 148 cm³/mol. The number of carbonyl (C=O) groups is 1. The predicted octanol–water partition coefficient (Wildman–Crippen LogP) is -6.71. The number of nitro benzene ring substituents is 1. The van der Waals surface area contributed by atoms with E-state index in [9.17, 15) is 55.8 Å². The average Bonchev–Trinajstić information content (AvgIpc) is 3.03. The van der Waals surface area contributed by atoms with Crippen molar-refractivity contribution in [3.63, 3.8) is 0 Å². The lowest BCUT2D eigenvalue weighted by Gasteiger charge is -2.49. The summed E-state index contributed by atoms with van der Waals surface area (Å²) in [5, 5.41) is 96.0. The third-order valence-electron chi connectivity index (χ3n) is 8.07. The Labute approximate surface area is 260 Å². The molecule has 3 aliphatic rings. The summed E-state index contributed by atoms with van der Waals surface area (Å²) in [6.07, 6.45) is -19.3. The minimum absolute atomic E-state index is 0.236. The Morgan fingerprint density at radius 2 is 1.39 bits per heavy atom. The van der Waals surface area contributed by atoms with Crippen LogP contribution in [0.25, 0.3) is 0 Å². The molecule has 0 saturated carbocycles. The maximum atomic E-state index is 13.3. The molecule has 0 radical (unpaired) electrons. The van der Waals surface area contributed by atoms with Gasteiger partial charge in [0.15, 0.2) is 18.9 Å². The van der Waals surface area contributed by atoms with Gasteiger partial charge in [-0.15, -0.1) is 0 Å². The van der Waals surface area contributed by atoms with Gasteiger partial charge >= 0.3 is 0 Å². The highest BCUT2D eigenvalue weighted by Crippen LogP contribution is 2.32. The Hall–Kier alpha value is -2.71. The normalized spacial score (nSPS) is 41.6. The first-order valence-electron chi connectivity index (χ1n) is 14.1. The van der Waals surface area contributed by atoms with E-state index in [0.29, 0.717) is 0 Å². The summed E-state index contributed by atoms with van der Waals surface area (Å²) in [5.41, 5.74) is 16.3. The maximum Gasteiger partial charge on any atom is 0.292 e. The number of nitrogens with two attached hydrogens (primary N) is 3. The van der Waals surface area contributed by atoms with Gasteiger partial charge < -0.3 is 87.1 Å². The zero-order valence-electron chi connectivity index (χ0n) is 24.0. The van der Waals surface area contributed by atoms with Crippen LogP contribution in [0, 0.1) is 10.1 Å². The Morgan fingerprint density at radius 3 is 2.00 bits per heavy atom. The van der Waals surface area contributed by atoms with E-state index in [1.54, 1.807) is 0 Å². The molecule has 21 nitrogen and oxygen atoms in total. The molecular weight excluding hydrogens is 626 g/mol. The molecule has 21 heteroatoms. The van der Waals surface area contributed by atoms with Crippen molar-refractivity contribution in [3.05, 3.63) is 33.9 Å². The van der Waals surface area contributed by atoms with Crippen LogP contribution in [0.1, 0.15) is 10.4 Å². The fraction of sp³-hybridized carbons (Fsp3) is 0.720. The van der Waals surface area contributed by atoms with Crippen molar-refractivity contribution in [2.24, 2.45) is 11.5 Å². The van der Waals surface area contributed by atoms with Crippen LogP contribution in [0.2, 0.25) is 0 Å². The molecule has 3 heterocycles. The fourth-order valence-corrected chi connectivity index (χ4v) is 5.39. The van der Waals surface area contributed by atoms with Crippen molar-refractivity contribution in [2.75, 3.05) is 25.6 Å². The second-order valence-electron chi connectivity index (χ2n) is 11.0. The van der Waals surface area contributed by atoms with Gasteiger partial charge in [-0.3, -0.25) is 14.9 Å². The highest BCUT2D eigenvalue weighted by molar-refractivity contribution is 5.95. The number of amides is 1. The summed E-state index contributed by atoms with van der Waals surface area (Å²) in [4.78, 5) is 23.9. The largest absolute Gasteiger partial charge is 0.394 e. The van der Waals surface area contributed by atoms with Crippen LogP contribution in [0.5, 0.6) is 0 Å². The lowest BCUT2D eigenvalue weighted by Crippen LogP contribution is -2.70. The second-order valence-corrected chi connectivity index (χ2v) is 11.0. The molecule has 0 bridgehead atoms. The Bertz CT molecular complexity index is 1210. The number of nitrogens with zero attached hydrogens (tertiary/aromatic N) is 1. The molecule has 15 atom stereocenters. The summed E-state index contributed by atoms with van der Waals surface area (Å²) in [6, 6.07) is -1.41. The summed E-state index contributed by atoms with van der Waals surface area (Å²) in [6.45, 7) is -2.41. The number of hydrogen-bond donors (Lipinski definition) is 12. The van der Waals surface area contributed by atoms with Crippen LogP contribution in [0.3, 0.4) is 0 Å². The molecule has 3 fully saturated rings. The lowest BCUT2D eigenvalue weighted by molar-refractivity contribution is -0.383. The molecule has 15 N–H and O–H groups in total. The van der Waals surface area contributed by atoms with Gasteiger partial charge in [-0.05, 0) is 12.1 Å². The molecule has 1 aromatic rings. The van der Waals surface area contributed by atoms with Crippen LogP contribution in [-0.4, -0.2) is 163 Å². The summed E-state index contributed by atoms with van der Waals surface area (Å²) < 4.78 is 28.1. The molecule has 46 heavy (non-hydrogen) atoms. The molecule has 260 valence electrons. The highest BCUT2D eigenvalue weighted by atomic mass is 16.7. The van der Waals surface area contributed by atoms with Gasteiger partial charge in [0.2, 0.25) is 0 Å². The Kier molecular flexibility index (Phi) is 11.8. The number of rotatable bonds is 10. The number of nitro groups is 1. The minimum atomic E-state index is -1.90. The van der Waals surface area contributed by atoms with E-state index in [4.69, 9.17) is 40.9 Å². The third-order valence-corrected chi connectivity index (χ3v) is 8.07. The number of nitrogen functional groups attached to an aromatic ring is 1. The van der Waals surface area contributed by atoms with E-state index in [1.807, 2.05) is 0 Å². The highest BCUT2D eigenvalue weighted by Gasteiger charge is 2.53. The second kappa shape index (κ2) is 15.0. The first kappa shape index (κ1) is 36.1.